The molecule has 5 aliphatic rings. The molecule has 0 saturated heterocycles. The van der Waals surface area contributed by atoms with Gasteiger partial charge in [0.2, 0.25) is 0 Å². The summed E-state index contributed by atoms with van der Waals surface area (Å²) in [6, 6.07) is 18.0. The number of hydrogen-bond donors (Lipinski definition) is 0. The van der Waals surface area contributed by atoms with Crippen molar-refractivity contribution < 1.29 is 24.0 Å². The average molecular weight is 976 g/mol. The first-order valence-electron chi connectivity index (χ1n) is 23.7. The number of anilines is 4. The van der Waals surface area contributed by atoms with Crippen LogP contribution in [0.25, 0.3) is 0 Å². The Kier molecular flexibility index (Phi) is 12.9. The maximum absolute atomic E-state index is 5.52. The summed E-state index contributed by atoms with van der Waals surface area (Å²) in [5.41, 5.74) is 15.1. The topological polar surface area (TPSA) is 140 Å². The zero-order valence-corrected chi connectivity index (χ0v) is 46.2. The van der Waals surface area contributed by atoms with E-state index in [1.165, 1.54) is 0 Å². The fourth-order valence-corrected chi connectivity index (χ4v) is 9.23. The summed E-state index contributed by atoms with van der Waals surface area (Å²) in [5.74, 6) is 4.25. The van der Waals surface area contributed by atoms with Gasteiger partial charge in [-0.05, 0) is 92.4 Å². The van der Waals surface area contributed by atoms with E-state index in [0.717, 1.165) is 89.5 Å². The number of rotatable bonds is 4. The van der Waals surface area contributed by atoms with E-state index in [4.69, 9.17) is 39.9 Å². The molecule has 5 heterocycles. The van der Waals surface area contributed by atoms with Crippen molar-refractivity contribution >= 4 is 69.4 Å². The van der Waals surface area contributed by atoms with Crippen LogP contribution in [0.5, 0.6) is 0 Å². The standard InChI is InChI=1S/C56H68N12.O.V/c1-53(2,3)29-21-33-41(37(25-29)65(13)14)49-57-45(33)61-50-42-34(22-30(54(4,5)6)26-38(42)66(15)16)47(58-50)63-52-44-36(24-32(56(10,11)12)28-40(44)68(19)20)48(60-52)64-51-43-35(46(59-51)62-49)23-31(55(7,8)9)27-39(43)67(17)18;;/h21-28H,1-20H3;;/q;-2;+4. The van der Waals surface area contributed by atoms with Crippen LogP contribution in [-0.2, 0) is 45.7 Å². The molecule has 0 atom stereocenters. The Hall–Kier alpha value is -6.02. The maximum atomic E-state index is 5.52. The van der Waals surface area contributed by atoms with Gasteiger partial charge in [-0.25, -0.2) is 39.9 Å². The molecular formula is C56H68N12OV+2. The molecule has 1 radical (unpaired) electrons. The summed E-state index contributed by atoms with van der Waals surface area (Å²) in [4.78, 5) is 52.3. The minimum atomic E-state index is -0.169. The van der Waals surface area contributed by atoms with Crippen LogP contribution in [0.15, 0.2) is 88.5 Å². The van der Waals surface area contributed by atoms with Gasteiger partial charge in [-0.1, -0.05) is 83.1 Å². The fraction of sp³-hybridized carbons (Fsp3) is 0.429. The quantitative estimate of drug-likeness (QED) is 0.201. The molecule has 0 spiro atoms. The van der Waals surface area contributed by atoms with Crippen molar-refractivity contribution in [2.75, 3.05) is 76.0 Å². The van der Waals surface area contributed by atoms with Crippen LogP contribution in [0.4, 0.5) is 22.7 Å². The molecule has 4 aromatic carbocycles. The number of benzene rings is 4. The predicted octanol–water partition coefficient (Wildman–Crippen LogP) is 10.2. The Morgan fingerprint density at radius 2 is 0.429 bits per heavy atom. The van der Waals surface area contributed by atoms with Gasteiger partial charge >= 0.3 is 18.6 Å². The van der Waals surface area contributed by atoms with Gasteiger partial charge in [0.25, 0.3) is 0 Å². The fourth-order valence-electron chi connectivity index (χ4n) is 9.23. The smallest absolute Gasteiger partial charge is 2.00 e. The Labute approximate surface area is 427 Å². The number of amidine groups is 8. The molecule has 8 bridgehead atoms. The van der Waals surface area contributed by atoms with E-state index in [9.17, 15) is 0 Å². The first kappa shape index (κ1) is 51.8. The normalized spacial score (nSPS) is 15.6. The molecule has 4 aromatic rings. The van der Waals surface area contributed by atoms with Gasteiger partial charge < -0.3 is 25.1 Å². The summed E-state index contributed by atoms with van der Waals surface area (Å²) < 4.78 is 0. The van der Waals surface area contributed by atoms with Crippen LogP contribution >= 0.6 is 0 Å². The SMILES string of the molecule is CN(C)c1cc(C(C)(C)C)cc2c1C1=NC2=NC2=NC(=NC3=NC(=NC4=NC(=N1)c1cc(C(C)(C)C)cc(N(C)C)c14)c1cc(C(C)(C)C)cc(N(C)C)c13)c1cc(C(C)(C)C)cc(N(C)C)c12.[O-2].[V+4]. The molecule has 70 heavy (non-hydrogen) atoms. The zero-order chi connectivity index (χ0) is 49.5. The second kappa shape index (κ2) is 17.4. The predicted molar refractivity (Wildman–Crippen MR) is 291 cm³/mol. The zero-order valence-electron chi connectivity index (χ0n) is 44.8. The molecule has 0 saturated carbocycles. The summed E-state index contributed by atoms with van der Waals surface area (Å²) in [5, 5.41) is 0. The van der Waals surface area contributed by atoms with Gasteiger partial charge in [-0.15, -0.1) is 0 Å². The summed E-state index contributed by atoms with van der Waals surface area (Å²) in [6.45, 7) is 26.9. The van der Waals surface area contributed by atoms with Crippen molar-refractivity contribution in [3.8, 4) is 0 Å². The minimum absolute atomic E-state index is 0. The van der Waals surface area contributed by atoms with Gasteiger partial charge in [0.15, 0.2) is 46.7 Å². The van der Waals surface area contributed by atoms with Crippen molar-refractivity contribution in [3.05, 3.63) is 115 Å². The third kappa shape index (κ3) is 8.79. The molecule has 0 N–H and O–H groups in total. The van der Waals surface area contributed by atoms with Crippen molar-refractivity contribution in [2.24, 2.45) is 39.9 Å². The molecule has 13 nitrogen and oxygen atoms in total. The van der Waals surface area contributed by atoms with Gasteiger partial charge in [-0.2, -0.15) is 0 Å². The molecule has 0 aromatic heterocycles. The van der Waals surface area contributed by atoms with Crippen LogP contribution < -0.4 is 19.6 Å². The molecule has 14 heteroatoms. The van der Waals surface area contributed by atoms with E-state index in [1.807, 2.05) is 0 Å². The Morgan fingerprint density at radius 3 is 0.571 bits per heavy atom. The average Bonchev–Trinajstić information content (AvgIpc) is 3.96. The largest absolute Gasteiger partial charge is 4.00 e. The second-order valence-corrected chi connectivity index (χ2v) is 23.7. The van der Waals surface area contributed by atoms with Crippen LogP contribution in [0, 0.1) is 0 Å². The van der Waals surface area contributed by atoms with E-state index in [0.29, 0.717) is 46.7 Å². The van der Waals surface area contributed by atoms with E-state index in [1.54, 1.807) is 0 Å². The van der Waals surface area contributed by atoms with Crippen LogP contribution in [0.3, 0.4) is 0 Å². The van der Waals surface area contributed by atoms with E-state index < -0.39 is 0 Å². The molecule has 5 aliphatic heterocycles. The first-order chi connectivity index (χ1) is 31.5. The molecular weight excluding hydrogens is 908 g/mol. The van der Waals surface area contributed by atoms with Crippen molar-refractivity contribution in [1.29, 1.82) is 0 Å². The van der Waals surface area contributed by atoms with E-state index >= 15 is 0 Å². The second-order valence-electron chi connectivity index (χ2n) is 23.7. The molecule has 0 aliphatic carbocycles. The molecule has 0 unspecified atom stereocenters. The summed E-state index contributed by atoms with van der Waals surface area (Å²) in [6.07, 6.45) is 0. The van der Waals surface area contributed by atoms with E-state index in [2.05, 4.69) is 208 Å². The summed E-state index contributed by atoms with van der Waals surface area (Å²) >= 11 is 0. The first-order valence-corrected chi connectivity index (χ1v) is 23.7. The van der Waals surface area contributed by atoms with Crippen molar-refractivity contribution in [2.45, 2.75) is 105 Å². The minimum Gasteiger partial charge on any atom is -2.00 e. The molecule has 361 valence electrons. The third-order valence-corrected chi connectivity index (χ3v) is 13.4. The van der Waals surface area contributed by atoms with Gasteiger partial charge in [0.05, 0.1) is 22.3 Å². The number of fused-ring (bicyclic) bond motifs is 16. The van der Waals surface area contributed by atoms with Gasteiger partial charge in [-0.3, -0.25) is 0 Å². The Balaban J connectivity index is 0.00000361. The molecule has 9 rings (SSSR count). The number of aliphatic imine (C=N–C) groups is 8. The van der Waals surface area contributed by atoms with Gasteiger partial charge in [0, 0.05) is 101 Å². The van der Waals surface area contributed by atoms with Crippen LogP contribution in [0.1, 0.15) is 150 Å². The van der Waals surface area contributed by atoms with Crippen molar-refractivity contribution in [1.82, 2.24) is 0 Å². The van der Waals surface area contributed by atoms with Gasteiger partial charge in [0.1, 0.15) is 0 Å². The third-order valence-electron chi connectivity index (χ3n) is 13.4. The van der Waals surface area contributed by atoms with Crippen LogP contribution in [0.2, 0.25) is 0 Å². The monoisotopic (exact) mass is 976 g/mol. The molecule has 0 amide bonds. The Bertz CT molecular complexity index is 2720. The van der Waals surface area contributed by atoms with Crippen molar-refractivity contribution in [3.63, 3.8) is 0 Å². The summed E-state index contributed by atoms with van der Waals surface area (Å²) in [7, 11) is 16.6. The maximum Gasteiger partial charge on any atom is 4.00 e. The number of hydrogen-bond acceptors (Lipinski definition) is 12. The van der Waals surface area contributed by atoms with Crippen LogP contribution in [-0.4, -0.2) is 103 Å². The van der Waals surface area contributed by atoms with E-state index in [-0.39, 0.29) is 45.7 Å². The Morgan fingerprint density at radius 1 is 0.271 bits per heavy atom. The molecule has 0 fully saturated rings. The number of nitrogens with zero attached hydrogens (tertiary/aromatic N) is 12.